The summed E-state index contributed by atoms with van der Waals surface area (Å²) in [6, 6.07) is 2.52. The molecule has 1 amide bonds. The van der Waals surface area contributed by atoms with E-state index in [1.54, 1.807) is 17.5 Å². The van der Waals surface area contributed by atoms with Crippen molar-refractivity contribution in [2.75, 3.05) is 13.1 Å². The van der Waals surface area contributed by atoms with Gasteiger partial charge in [0, 0.05) is 34.6 Å². The van der Waals surface area contributed by atoms with Crippen LogP contribution < -0.4 is 5.32 Å². The number of nitrogens with one attached hydrogen (secondary N) is 1. The fourth-order valence-electron chi connectivity index (χ4n) is 4.06. The molecule has 2 aromatic heterocycles. The fourth-order valence-corrected chi connectivity index (χ4v) is 4.90. The molecule has 3 saturated heterocycles. The zero-order valence-corrected chi connectivity index (χ0v) is 14.8. The number of aromatic nitrogens is 1. The molecule has 0 spiro atoms. The van der Waals surface area contributed by atoms with Gasteiger partial charge in [0.05, 0.1) is 4.70 Å². The van der Waals surface area contributed by atoms with Gasteiger partial charge in [0.25, 0.3) is 5.91 Å². The molecule has 4 nitrogen and oxygen atoms in total. The maximum absolute atomic E-state index is 12.7. The number of thiophene rings is 1. The zero-order chi connectivity index (χ0) is 16.7. The highest BCUT2D eigenvalue weighted by atomic mass is 32.1. The zero-order valence-electron chi connectivity index (χ0n) is 14.0. The molecule has 0 radical (unpaired) electrons. The lowest BCUT2D eigenvalue weighted by Gasteiger charge is -2.49. The average molecular weight is 339 g/mol. The minimum atomic E-state index is -0.0656. The van der Waals surface area contributed by atoms with Crippen molar-refractivity contribution in [1.29, 1.82) is 0 Å². The second-order valence-corrected chi connectivity index (χ2v) is 7.61. The van der Waals surface area contributed by atoms with Crippen molar-refractivity contribution in [2.45, 2.75) is 38.8 Å². The summed E-state index contributed by atoms with van der Waals surface area (Å²) >= 11 is 1.62. The standard InChI is InChI=1S/C19H21N3OS/c1-3-4-14-11-24-17-10-20-16(9-15(14)17)19(23)21-18-12(2)22-7-5-13(18)6-8-22/h9-13,18H,5-8H2,1-2H3,(H,21,23)/t12-,18-/m0/s1. The van der Waals surface area contributed by atoms with E-state index >= 15 is 0 Å². The van der Waals surface area contributed by atoms with Crippen LogP contribution in [0.2, 0.25) is 0 Å². The van der Waals surface area contributed by atoms with Crippen LogP contribution in [-0.4, -0.2) is 41.0 Å². The van der Waals surface area contributed by atoms with Crippen molar-refractivity contribution >= 4 is 27.3 Å². The molecule has 3 aliphatic rings. The van der Waals surface area contributed by atoms with E-state index in [0.717, 1.165) is 28.7 Å². The number of fused-ring (bicyclic) bond motifs is 4. The summed E-state index contributed by atoms with van der Waals surface area (Å²) in [5.74, 6) is 6.56. The Morgan fingerprint density at radius 2 is 2.21 bits per heavy atom. The van der Waals surface area contributed by atoms with Gasteiger partial charge in [-0.1, -0.05) is 5.92 Å². The molecule has 1 N–H and O–H groups in total. The third-order valence-corrected chi connectivity index (χ3v) is 6.36. The molecule has 3 aliphatic heterocycles. The molecule has 5 rings (SSSR count). The first-order valence-electron chi connectivity index (χ1n) is 8.52. The molecule has 0 aromatic carbocycles. The number of hydrogen-bond donors (Lipinski definition) is 1. The van der Waals surface area contributed by atoms with Crippen molar-refractivity contribution in [3.63, 3.8) is 0 Å². The van der Waals surface area contributed by atoms with E-state index in [4.69, 9.17) is 0 Å². The highest BCUT2D eigenvalue weighted by Crippen LogP contribution is 2.32. The number of carbonyl (C=O) groups is 1. The first kappa shape index (κ1) is 15.6. The van der Waals surface area contributed by atoms with E-state index in [1.807, 2.05) is 18.4 Å². The largest absolute Gasteiger partial charge is 0.346 e. The number of nitrogens with zero attached hydrogens (tertiary/aromatic N) is 2. The van der Waals surface area contributed by atoms with Crippen molar-refractivity contribution < 1.29 is 4.79 Å². The molecule has 24 heavy (non-hydrogen) atoms. The first-order valence-corrected chi connectivity index (χ1v) is 9.40. The molecule has 2 atom stereocenters. The second kappa shape index (κ2) is 6.19. The van der Waals surface area contributed by atoms with E-state index in [2.05, 4.69) is 34.0 Å². The highest BCUT2D eigenvalue weighted by Gasteiger charge is 2.40. The van der Waals surface area contributed by atoms with Crippen molar-refractivity contribution in [3.8, 4) is 11.8 Å². The van der Waals surface area contributed by atoms with Gasteiger partial charge < -0.3 is 5.32 Å². The number of hydrogen-bond acceptors (Lipinski definition) is 4. The first-order chi connectivity index (χ1) is 11.7. The Morgan fingerprint density at radius 3 is 2.92 bits per heavy atom. The molecule has 2 bridgehead atoms. The van der Waals surface area contributed by atoms with Gasteiger partial charge in [-0.05, 0) is 51.8 Å². The SMILES string of the molecule is CC#Cc1csc2cnc(C(=O)N[C@@H]3C4CCN(CC4)[C@H]3C)cc12. The summed E-state index contributed by atoms with van der Waals surface area (Å²) in [6.45, 7) is 6.38. The van der Waals surface area contributed by atoms with Gasteiger partial charge in [0.2, 0.25) is 0 Å². The van der Waals surface area contributed by atoms with E-state index < -0.39 is 0 Å². The van der Waals surface area contributed by atoms with Crippen LogP contribution in [0.5, 0.6) is 0 Å². The summed E-state index contributed by atoms with van der Waals surface area (Å²) in [6.07, 6.45) is 4.15. The Hall–Kier alpha value is -1.90. The molecular weight excluding hydrogens is 318 g/mol. The minimum absolute atomic E-state index is 0.0656. The van der Waals surface area contributed by atoms with Gasteiger partial charge in [0.15, 0.2) is 0 Å². The van der Waals surface area contributed by atoms with Gasteiger partial charge >= 0.3 is 0 Å². The highest BCUT2D eigenvalue weighted by molar-refractivity contribution is 7.17. The second-order valence-electron chi connectivity index (χ2n) is 6.70. The van der Waals surface area contributed by atoms with Crippen LogP contribution in [0.15, 0.2) is 17.6 Å². The van der Waals surface area contributed by atoms with E-state index in [-0.39, 0.29) is 11.9 Å². The van der Waals surface area contributed by atoms with E-state index in [0.29, 0.717) is 17.7 Å². The lowest BCUT2D eigenvalue weighted by atomic mass is 9.79. The third-order valence-electron chi connectivity index (χ3n) is 5.43. The van der Waals surface area contributed by atoms with Gasteiger partial charge in [-0.2, -0.15) is 0 Å². The predicted octanol–water partition coefficient (Wildman–Crippen LogP) is 2.88. The average Bonchev–Trinajstić information content (AvgIpc) is 3.01. The van der Waals surface area contributed by atoms with Crippen LogP contribution in [-0.2, 0) is 0 Å². The number of amides is 1. The number of carbonyl (C=O) groups excluding carboxylic acids is 1. The molecular formula is C19H21N3OS. The van der Waals surface area contributed by atoms with Crippen molar-refractivity contribution in [2.24, 2.45) is 5.92 Å². The van der Waals surface area contributed by atoms with Crippen LogP contribution in [0.25, 0.3) is 10.1 Å². The molecule has 5 heterocycles. The topological polar surface area (TPSA) is 45.2 Å². The molecule has 0 aliphatic carbocycles. The number of piperidine rings is 3. The number of rotatable bonds is 2. The third kappa shape index (κ3) is 2.60. The van der Waals surface area contributed by atoms with Crippen LogP contribution in [0.3, 0.4) is 0 Å². The normalized spacial score (nSPS) is 28.4. The summed E-state index contributed by atoms with van der Waals surface area (Å²) in [5.41, 5.74) is 1.47. The van der Waals surface area contributed by atoms with Crippen LogP contribution in [0.1, 0.15) is 42.7 Å². The van der Waals surface area contributed by atoms with Crippen LogP contribution in [0.4, 0.5) is 0 Å². The summed E-state index contributed by atoms with van der Waals surface area (Å²) in [7, 11) is 0. The van der Waals surface area contributed by atoms with Crippen LogP contribution in [0, 0.1) is 17.8 Å². The Kier molecular flexibility index (Phi) is 4.03. The number of pyridine rings is 1. The van der Waals surface area contributed by atoms with E-state index in [1.165, 1.54) is 12.8 Å². The maximum Gasteiger partial charge on any atom is 0.270 e. The minimum Gasteiger partial charge on any atom is -0.346 e. The van der Waals surface area contributed by atoms with Crippen molar-refractivity contribution in [1.82, 2.24) is 15.2 Å². The van der Waals surface area contributed by atoms with Crippen molar-refractivity contribution in [3.05, 3.63) is 28.9 Å². The maximum atomic E-state index is 12.7. The molecule has 2 aromatic rings. The van der Waals surface area contributed by atoms with Gasteiger partial charge in [0.1, 0.15) is 5.69 Å². The Labute approximate surface area is 146 Å². The lowest BCUT2D eigenvalue weighted by molar-refractivity contribution is 0.0216. The van der Waals surface area contributed by atoms with Gasteiger partial charge in [-0.15, -0.1) is 17.3 Å². The van der Waals surface area contributed by atoms with Crippen LogP contribution >= 0.6 is 11.3 Å². The monoisotopic (exact) mass is 339 g/mol. The fraction of sp³-hybridized carbons (Fsp3) is 0.474. The molecule has 3 fully saturated rings. The molecule has 5 heteroatoms. The Balaban J connectivity index is 1.59. The molecule has 124 valence electrons. The molecule has 0 saturated carbocycles. The Bertz CT molecular complexity index is 837. The molecule has 0 unspecified atom stereocenters. The van der Waals surface area contributed by atoms with Gasteiger partial charge in [-0.3, -0.25) is 9.69 Å². The summed E-state index contributed by atoms with van der Waals surface area (Å²) in [4.78, 5) is 19.6. The lowest BCUT2D eigenvalue weighted by Crippen LogP contribution is -2.62. The summed E-state index contributed by atoms with van der Waals surface area (Å²) in [5, 5.41) is 6.30. The van der Waals surface area contributed by atoms with Gasteiger partial charge in [-0.25, -0.2) is 4.98 Å². The quantitative estimate of drug-likeness (QED) is 0.856. The Morgan fingerprint density at radius 1 is 1.42 bits per heavy atom. The summed E-state index contributed by atoms with van der Waals surface area (Å²) < 4.78 is 1.07. The van der Waals surface area contributed by atoms with E-state index in [9.17, 15) is 4.79 Å². The smallest absolute Gasteiger partial charge is 0.270 e. The predicted molar refractivity (Wildman–Crippen MR) is 97.2 cm³/mol.